The summed E-state index contributed by atoms with van der Waals surface area (Å²) in [7, 11) is 0. The number of aromatic amines is 1. The van der Waals surface area contributed by atoms with Gasteiger partial charge in [-0.25, -0.2) is 4.98 Å². The molecule has 27 heavy (non-hydrogen) atoms. The Kier molecular flexibility index (Phi) is 4.43. The summed E-state index contributed by atoms with van der Waals surface area (Å²) in [6.07, 6.45) is 7.82. The van der Waals surface area contributed by atoms with Crippen molar-refractivity contribution in [1.82, 2.24) is 19.9 Å². The van der Waals surface area contributed by atoms with Crippen molar-refractivity contribution in [1.29, 1.82) is 0 Å². The van der Waals surface area contributed by atoms with Crippen molar-refractivity contribution in [3.8, 4) is 11.4 Å². The Hall–Kier alpha value is -1.88. The lowest BCUT2D eigenvalue weighted by molar-refractivity contribution is 0.160. The Bertz CT molecular complexity index is 998. The minimum Gasteiger partial charge on any atom is -0.340 e. The van der Waals surface area contributed by atoms with Crippen molar-refractivity contribution in [2.24, 2.45) is 0 Å². The van der Waals surface area contributed by atoms with E-state index in [1.807, 2.05) is 6.07 Å². The van der Waals surface area contributed by atoms with E-state index in [-0.39, 0.29) is 0 Å². The van der Waals surface area contributed by atoms with Crippen molar-refractivity contribution in [3.05, 3.63) is 69.2 Å². The van der Waals surface area contributed by atoms with Gasteiger partial charge in [-0.1, -0.05) is 29.3 Å². The fourth-order valence-corrected chi connectivity index (χ4v) is 4.71. The maximum absolute atomic E-state index is 6.31. The summed E-state index contributed by atoms with van der Waals surface area (Å²) in [4.78, 5) is 15.0. The summed E-state index contributed by atoms with van der Waals surface area (Å²) >= 11 is 12.5. The summed E-state index contributed by atoms with van der Waals surface area (Å²) in [5.41, 5.74) is 6.07. The van der Waals surface area contributed by atoms with Crippen molar-refractivity contribution in [3.63, 3.8) is 0 Å². The average Bonchev–Trinajstić information content (AvgIpc) is 3.10. The highest BCUT2D eigenvalue weighted by Crippen LogP contribution is 2.31. The van der Waals surface area contributed by atoms with Crippen molar-refractivity contribution in [2.45, 2.75) is 38.3 Å². The lowest BCUT2D eigenvalue weighted by Gasteiger charge is -2.37. The van der Waals surface area contributed by atoms with Crippen LogP contribution in [-0.4, -0.2) is 32.4 Å². The number of imidazole rings is 1. The van der Waals surface area contributed by atoms with Crippen LogP contribution in [0.4, 0.5) is 0 Å². The van der Waals surface area contributed by atoms with E-state index < -0.39 is 0 Å². The highest BCUT2D eigenvalue weighted by Gasteiger charge is 2.29. The molecule has 0 saturated carbocycles. The number of rotatable bonds is 2. The number of hydrogen-bond donors (Lipinski definition) is 1. The molecule has 0 radical (unpaired) electrons. The Morgan fingerprint density at radius 2 is 2.04 bits per heavy atom. The van der Waals surface area contributed by atoms with Crippen LogP contribution in [0.2, 0.25) is 10.0 Å². The Morgan fingerprint density at radius 3 is 2.93 bits per heavy atom. The molecule has 1 aromatic carbocycles. The molecule has 0 spiro atoms. The standard InChI is InChI=1S/C21H20Cl2N4/c22-15-3-1-13-2-4-16(10-14(13)9-15)27-8-6-19-20(12-27)26-21(25-19)17-11-24-7-5-18(17)23/h1,3,5,7,9,11,16H,2,4,6,8,10,12H2,(H,25,26). The van der Waals surface area contributed by atoms with Gasteiger partial charge in [0, 0.05) is 43.0 Å². The first-order chi connectivity index (χ1) is 13.2. The van der Waals surface area contributed by atoms with Crippen LogP contribution in [0.1, 0.15) is 28.9 Å². The van der Waals surface area contributed by atoms with Gasteiger partial charge in [0.15, 0.2) is 0 Å². The van der Waals surface area contributed by atoms with E-state index in [1.54, 1.807) is 18.5 Å². The molecule has 1 aliphatic carbocycles. The quantitative estimate of drug-likeness (QED) is 0.680. The largest absolute Gasteiger partial charge is 0.340 e. The number of pyridine rings is 1. The molecule has 1 aliphatic heterocycles. The van der Waals surface area contributed by atoms with Gasteiger partial charge in [0.25, 0.3) is 0 Å². The number of nitrogens with one attached hydrogen (secondary N) is 1. The molecule has 3 heterocycles. The first-order valence-corrected chi connectivity index (χ1v) is 10.1. The molecular formula is C21H20Cl2N4. The first kappa shape index (κ1) is 17.2. The van der Waals surface area contributed by atoms with E-state index in [4.69, 9.17) is 28.2 Å². The molecule has 5 rings (SSSR count). The summed E-state index contributed by atoms with van der Waals surface area (Å²) in [6.45, 7) is 1.94. The second kappa shape index (κ2) is 6.93. The van der Waals surface area contributed by atoms with Crippen molar-refractivity contribution >= 4 is 23.2 Å². The molecule has 0 amide bonds. The van der Waals surface area contributed by atoms with Crippen molar-refractivity contribution < 1.29 is 0 Å². The van der Waals surface area contributed by atoms with E-state index in [9.17, 15) is 0 Å². The fraction of sp³-hybridized carbons (Fsp3) is 0.333. The normalized spacial score (nSPS) is 19.6. The van der Waals surface area contributed by atoms with Crippen LogP contribution in [-0.2, 0) is 25.8 Å². The zero-order valence-corrected chi connectivity index (χ0v) is 16.4. The number of benzene rings is 1. The van der Waals surface area contributed by atoms with Gasteiger partial charge in [-0.15, -0.1) is 0 Å². The third-order valence-corrected chi connectivity index (χ3v) is 6.34. The molecule has 1 unspecified atom stereocenters. The predicted octanol–water partition coefficient (Wildman–Crippen LogP) is 4.69. The topological polar surface area (TPSA) is 44.8 Å². The zero-order chi connectivity index (χ0) is 18.4. The number of nitrogens with zero attached hydrogens (tertiary/aromatic N) is 3. The molecule has 1 atom stereocenters. The number of fused-ring (bicyclic) bond motifs is 2. The number of hydrogen-bond acceptors (Lipinski definition) is 3. The smallest absolute Gasteiger partial charge is 0.140 e. The highest BCUT2D eigenvalue weighted by atomic mass is 35.5. The number of H-pyrrole nitrogens is 1. The maximum atomic E-state index is 6.31. The fourth-order valence-electron chi connectivity index (χ4n) is 4.32. The molecule has 0 saturated heterocycles. The molecule has 1 N–H and O–H groups in total. The molecule has 3 aromatic rings. The monoisotopic (exact) mass is 398 g/mol. The third-order valence-electron chi connectivity index (χ3n) is 5.77. The van der Waals surface area contributed by atoms with Gasteiger partial charge in [0.05, 0.1) is 22.0 Å². The lowest BCUT2D eigenvalue weighted by Crippen LogP contribution is -2.42. The minimum atomic E-state index is 0.554. The van der Waals surface area contributed by atoms with Crippen molar-refractivity contribution in [2.75, 3.05) is 6.54 Å². The highest BCUT2D eigenvalue weighted by molar-refractivity contribution is 6.33. The molecule has 2 aliphatic rings. The Labute approximate surface area is 168 Å². The van der Waals surface area contributed by atoms with Gasteiger partial charge < -0.3 is 4.98 Å². The molecule has 2 aromatic heterocycles. The Balaban J connectivity index is 1.37. The number of aryl methyl sites for hydroxylation is 1. The van der Waals surface area contributed by atoms with Crippen LogP contribution < -0.4 is 0 Å². The third kappa shape index (κ3) is 3.27. The van der Waals surface area contributed by atoms with Gasteiger partial charge in [-0.2, -0.15) is 0 Å². The molecule has 0 fully saturated rings. The van der Waals surface area contributed by atoms with Gasteiger partial charge in [-0.3, -0.25) is 9.88 Å². The second-order valence-corrected chi connectivity index (χ2v) is 8.24. The zero-order valence-electron chi connectivity index (χ0n) is 14.9. The van der Waals surface area contributed by atoms with Crippen LogP contribution in [0, 0.1) is 0 Å². The number of aromatic nitrogens is 3. The summed E-state index contributed by atoms with van der Waals surface area (Å²) in [6, 6.07) is 8.68. The lowest BCUT2D eigenvalue weighted by atomic mass is 9.87. The van der Waals surface area contributed by atoms with Crippen LogP contribution in [0.3, 0.4) is 0 Å². The predicted molar refractivity (Wildman–Crippen MR) is 108 cm³/mol. The van der Waals surface area contributed by atoms with Crippen LogP contribution in [0.25, 0.3) is 11.4 Å². The summed E-state index contributed by atoms with van der Waals surface area (Å²) in [5, 5.41) is 1.51. The van der Waals surface area contributed by atoms with E-state index >= 15 is 0 Å². The average molecular weight is 399 g/mol. The molecule has 6 heteroatoms. The van der Waals surface area contributed by atoms with Gasteiger partial charge in [0.2, 0.25) is 0 Å². The second-order valence-electron chi connectivity index (χ2n) is 7.40. The van der Waals surface area contributed by atoms with E-state index in [0.29, 0.717) is 11.1 Å². The van der Waals surface area contributed by atoms with Gasteiger partial charge in [-0.05, 0) is 48.6 Å². The van der Waals surface area contributed by atoms with Gasteiger partial charge >= 0.3 is 0 Å². The molecular weight excluding hydrogens is 379 g/mol. The van der Waals surface area contributed by atoms with E-state index in [0.717, 1.165) is 54.5 Å². The Morgan fingerprint density at radius 1 is 1.11 bits per heavy atom. The van der Waals surface area contributed by atoms with Gasteiger partial charge in [0.1, 0.15) is 5.82 Å². The molecule has 4 nitrogen and oxygen atoms in total. The van der Waals surface area contributed by atoms with Crippen LogP contribution in [0.15, 0.2) is 36.7 Å². The molecule has 0 bridgehead atoms. The molecule has 138 valence electrons. The van der Waals surface area contributed by atoms with E-state index in [1.165, 1.54) is 23.2 Å². The maximum Gasteiger partial charge on any atom is 0.140 e. The van der Waals surface area contributed by atoms with Crippen LogP contribution >= 0.6 is 23.2 Å². The SMILES string of the molecule is Clc1ccc2c(c1)CC(N1CCc3nc(-c4cnccc4Cl)[nH]c3C1)CC2. The summed E-state index contributed by atoms with van der Waals surface area (Å²) < 4.78 is 0. The van der Waals surface area contributed by atoms with E-state index in [2.05, 4.69) is 27.0 Å². The minimum absolute atomic E-state index is 0.554. The first-order valence-electron chi connectivity index (χ1n) is 9.36. The number of halogens is 2. The van der Waals surface area contributed by atoms with Crippen LogP contribution in [0.5, 0.6) is 0 Å². The summed E-state index contributed by atoms with van der Waals surface area (Å²) in [5.74, 6) is 0.820.